The van der Waals surface area contributed by atoms with Gasteiger partial charge in [-0.05, 0) is 25.7 Å². The van der Waals surface area contributed by atoms with Gasteiger partial charge in [-0.15, -0.1) is 0 Å². The van der Waals surface area contributed by atoms with Crippen molar-refractivity contribution < 1.29 is 122 Å². The van der Waals surface area contributed by atoms with Crippen LogP contribution in [-0.4, -0.2) is 70.7 Å². The van der Waals surface area contributed by atoms with E-state index in [-0.39, 0.29) is 104 Å². The molecule has 0 saturated heterocycles. The quantitative estimate of drug-likeness (QED) is 0.0807. The van der Waals surface area contributed by atoms with Crippen molar-refractivity contribution >= 4 is 56.9 Å². The first kappa shape index (κ1) is 50.0. The predicted molar refractivity (Wildman–Crippen MR) is 127 cm³/mol. The molecular formula is C16H32O20P4Zr. The molecule has 4 atom stereocenters. The third kappa shape index (κ3) is 73.4. The molecule has 240 valence electrons. The van der Waals surface area contributed by atoms with Crippen LogP contribution in [0.1, 0.15) is 51.4 Å². The third-order valence-electron chi connectivity index (χ3n) is 3.02. The number of aliphatic carboxylic acids is 4. The van der Waals surface area contributed by atoms with Crippen molar-refractivity contribution in [3.8, 4) is 0 Å². The molecule has 0 aromatic heterocycles. The van der Waals surface area contributed by atoms with E-state index in [1.165, 1.54) is 0 Å². The topological polar surface area (TPSA) is 347 Å². The summed E-state index contributed by atoms with van der Waals surface area (Å²) in [5.41, 5.74) is 0. The number of carbonyl (C=O) groups is 4. The van der Waals surface area contributed by atoms with E-state index >= 15 is 0 Å². The van der Waals surface area contributed by atoms with Crippen LogP contribution < -0.4 is 19.6 Å². The van der Waals surface area contributed by atoms with E-state index in [9.17, 15) is 57.0 Å². The van der Waals surface area contributed by atoms with Gasteiger partial charge in [-0.2, -0.15) is 0 Å². The van der Waals surface area contributed by atoms with Gasteiger partial charge in [0.1, 0.15) is 33.0 Å². The van der Waals surface area contributed by atoms with Crippen LogP contribution in [0.25, 0.3) is 0 Å². The molecule has 0 rings (SSSR count). The van der Waals surface area contributed by atoms with Crippen LogP contribution >= 0.6 is 33.0 Å². The van der Waals surface area contributed by atoms with Gasteiger partial charge in [0.25, 0.3) is 0 Å². The SMILES string of the molecule is O=C(O)CCCO[PH](=O)[O-].O=C(O)CCCO[PH](=O)[O-].O=C(O)CCCO[PH](=O)[O-].O=C(O)CCCO[PH](=O)[O-].[Zr+4]. The van der Waals surface area contributed by atoms with Crippen LogP contribution in [0.2, 0.25) is 0 Å². The molecule has 0 spiro atoms. The predicted octanol–water partition coefficient (Wildman–Crippen LogP) is -1.53. The minimum atomic E-state index is -3.13. The van der Waals surface area contributed by atoms with Gasteiger partial charge in [0.2, 0.25) is 0 Å². The van der Waals surface area contributed by atoms with Crippen LogP contribution in [0.3, 0.4) is 0 Å². The fourth-order valence-electron chi connectivity index (χ4n) is 1.52. The van der Waals surface area contributed by atoms with Gasteiger partial charge in [-0.25, -0.2) is 0 Å². The van der Waals surface area contributed by atoms with Crippen LogP contribution in [0.4, 0.5) is 0 Å². The summed E-state index contributed by atoms with van der Waals surface area (Å²) in [6.45, 7) is -0.137. The van der Waals surface area contributed by atoms with E-state index in [0.29, 0.717) is 0 Å². The first-order valence-electron chi connectivity index (χ1n) is 10.7. The number of rotatable bonds is 20. The molecule has 20 nitrogen and oxygen atoms in total. The molecule has 0 heterocycles. The molecule has 0 bridgehead atoms. The summed E-state index contributed by atoms with van der Waals surface area (Å²) in [6, 6.07) is 0. The van der Waals surface area contributed by atoms with Crippen molar-refractivity contribution in [3.05, 3.63) is 0 Å². The maximum Gasteiger partial charge on any atom is 4.00 e. The van der Waals surface area contributed by atoms with Crippen molar-refractivity contribution in [2.45, 2.75) is 51.4 Å². The monoisotopic (exact) mass is 758 g/mol. The molecule has 0 aliphatic carbocycles. The van der Waals surface area contributed by atoms with Crippen molar-refractivity contribution in [1.82, 2.24) is 0 Å². The fraction of sp³-hybridized carbons (Fsp3) is 0.750. The average Bonchev–Trinajstić information content (AvgIpc) is 2.80. The van der Waals surface area contributed by atoms with Crippen molar-refractivity contribution in [2.75, 3.05) is 26.4 Å². The van der Waals surface area contributed by atoms with Crippen LogP contribution in [-0.2, 0) is 81.7 Å². The zero-order valence-corrected chi connectivity index (χ0v) is 27.8. The molecule has 0 saturated carbocycles. The Labute approximate surface area is 255 Å². The van der Waals surface area contributed by atoms with Crippen molar-refractivity contribution in [1.29, 1.82) is 0 Å². The molecule has 4 N–H and O–H groups in total. The van der Waals surface area contributed by atoms with Gasteiger partial charge in [-0.1, -0.05) is 0 Å². The van der Waals surface area contributed by atoms with Crippen molar-refractivity contribution in [3.63, 3.8) is 0 Å². The minimum Gasteiger partial charge on any atom is -0.781 e. The molecule has 41 heavy (non-hydrogen) atoms. The molecule has 4 unspecified atom stereocenters. The van der Waals surface area contributed by atoms with Crippen LogP contribution in [0, 0.1) is 0 Å². The number of hydrogen-bond donors (Lipinski definition) is 4. The standard InChI is InChI=1S/4C4H9O5P.Zr/c4*5-4(6)2-1-3-9-10(7)8;/h4*10H,1-3H2,(H,5,6)(H,7,8);/q;;;;+4/p-4. The molecule has 0 radical (unpaired) electrons. The van der Waals surface area contributed by atoms with Gasteiger partial charge in [0.15, 0.2) is 0 Å². The summed E-state index contributed by atoms with van der Waals surface area (Å²) in [6.07, 6.45) is 0.679. The largest absolute Gasteiger partial charge is 4.00 e. The van der Waals surface area contributed by atoms with Gasteiger partial charge in [0.05, 0.1) is 26.4 Å². The summed E-state index contributed by atoms with van der Waals surface area (Å²) in [4.78, 5) is 78.4. The number of hydrogen-bond acceptors (Lipinski definition) is 16. The zero-order chi connectivity index (χ0) is 31.9. The van der Waals surface area contributed by atoms with Gasteiger partial charge >= 0.3 is 50.1 Å². The maximum atomic E-state index is 9.84. The Balaban J connectivity index is -0.000000139. The van der Waals surface area contributed by atoms with E-state index < -0.39 is 56.9 Å². The Bertz CT molecular complexity index is 605. The van der Waals surface area contributed by atoms with E-state index in [1.54, 1.807) is 0 Å². The summed E-state index contributed by atoms with van der Waals surface area (Å²) in [5, 5.41) is 32.3. The molecule has 0 aromatic carbocycles. The van der Waals surface area contributed by atoms with Crippen LogP contribution in [0.5, 0.6) is 0 Å². The second-order valence-corrected chi connectivity index (χ2v) is 9.54. The smallest absolute Gasteiger partial charge is 0.781 e. The first-order chi connectivity index (χ1) is 18.5. The maximum absolute atomic E-state index is 9.84. The Morgan fingerprint density at radius 3 is 0.683 bits per heavy atom. The fourth-order valence-corrected chi connectivity index (χ4v) is 2.76. The average molecular weight is 760 g/mol. The van der Waals surface area contributed by atoms with Gasteiger partial charge < -0.3 is 76.4 Å². The normalized spacial score (nSPS) is 12.6. The third-order valence-corrected chi connectivity index (χ3v) is 4.78. The molecule has 0 aromatic rings. The van der Waals surface area contributed by atoms with Crippen LogP contribution in [0.15, 0.2) is 0 Å². The molecule has 0 fully saturated rings. The molecule has 25 heteroatoms. The first-order valence-corrected chi connectivity index (χ1v) is 15.6. The Hall–Kier alpha value is -0.637. The van der Waals surface area contributed by atoms with E-state index in [0.717, 1.165) is 0 Å². The zero-order valence-electron chi connectivity index (χ0n) is 21.3. The Kier molecular flexibility index (Phi) is 45.6. The summed E-state index contributed by atoms with van der Waals surface area (Å²) < 4.78 is 55.5. The van der Waals surface area contributed by atoms with E-state index in [4.69, 9.17) is 20.4 Å². The van der Waals surface area contributed by atoms with E-state index in [1.807, 2.05) is 0 Å². The number of carboxylic acid groups (broad SMARTS) is 4. The summed E-state index contributed by atoms with van der Waals surface area (Å²) in [7, 11) is -12.5. The second kappa shape index (κ2) is 37.4. The Morgan fingerprint density at radius 2 is 0.585 bits per heavy atom. The van der Waals surface area contributed by atoms with E-state index in [2.05, 4.69) is 18.1 Å². The van der Waals surface area contributed by atoms with Gasteiger partial charge in [-0.3, -0.25) is 19.2 Å². The molecule has 0 aliphatic rings. The Morgan fingerprint density at radius 1 is 0.439 bits per heavy atom. The molecular weight excluding hydrogens is 727 g/mol. The number of carboxylic acids is 4. The summed E-state index contributed by atoms with van der Waals surface area (Å²) >= 11 is 0. The van der Waals surface area contributed by atoms with Gasteiger partial charge in [0, 0.05) is 25.7 Å². The minimum absolute atomic E-state index is 0. The summed E-state index contributed by atoms with van der Waals surface area (Å²) in [5.74, 6) is -3.80. The molecule has 0 aliphatic heterocycles. The second-order valence-electron chi connectivity index (χ2n) is 6.38. The van der Waals surface area contributed by atoms with Crippen molar-refractivity contribution in [2.24, 2.45) is 0 Å². The molecule has 0 amide bonds.